The first kappa shape index (κ1) is 22.8. The molecule has 9 heteroatoms. The molecule has 4 N–H and O–H groups in total. The van der Waals surface area contributed by atoms with Crippen molar-refractivity contribution in [1.82, 2.24) is 10.6 Å². The zero-order chi connectivity index (χ0) is 23.5. The van der Waals surface area contributed by atoms with Gasteiger partial charge in [0.1, 0.15) is 6.61 Å². The largest absolute Gasteiger partial charge is 0.480 e. The summed E-state index contributed by atoms with van der Waals surface area (Å²) in [7, 11) is 0. The van der Waals surface area contributed by atoms with E-state index in [0.717, 1.165) is 22.3 Å². The molecule has 174 valence electrons. The molecule has 4 atom stereocenters. The maximum absolute atomic E-state index is 12.5. The Morgan fingerprint density at radius 2 is 1.70 bits per heavy atom. The van der Waals surface area contributed by atoms with Crippen LogP contribution in [0.25, 0.3) is 11.1 Å². The van der Waals surface area contributed by atoms with Crippen LogP contribution in [0.15, 0.2) is 48.5 Å². The molecule has 4 rings (SSSR count). The number of hydrogen-bond acceptors (Lipinski definition) is 6. The van der Waals surface area contributed by atoms with Crippen molar-refractivity contribution in [1.29, 1.82) is 0 Å². The fourth-order valence-electron chi connectivity index (χ4n) is 4.41. The average molecular weight is 454 g/mol. The number of aliphatic carboxylic acids is 1. The van der Waals surface area contributed by atoms with E-state index in [1.165, 1.54) is 6.92 Å². The number of carbonyl (C=O) groups excluding carboxylic acids is 2. The lowest BCUT2D eigenvalue weighted by Gasteiger charge is -2.23. The standard InChI is InChI=1S/C24H26N2O7/c1-13(27)20(23(29)30)26-22(28)21-19(10-11-32-21)25-24(31)33-12-18-16-8-4-2-6-14(16)15-7-3-5-9-17(15)18/h2-9,13,18-21,27H,10-12H2,1H3,(H,25,31)(H,26,28)(H,29,30). The summed E-state index contributed by atoms with van der Waals surface area (Å²) < 4.78 is 10.9. The molecule has 2 amide bonds. The van der Waals surface area contributed by atoms with Crippen molar-refractivity contribution in [2.24, 2.45) is 0 Å². The first-order chi connectivity index (χ1) is 15.9. The van der Waals surface area contributed by atoms with Gasteiger partial charge in [-0.15, -0.1) is 0 Å². The molecule has 2 aliphatic rings. The Labute approximate surface area is 190 Å². The molecule has 2 aromatic rings. The molecule has 2 aromatic carbocycles. The van der Waals surface area contributed by atoms with Crippen LogP contribution in [-0.2, 0) is 19.1 Å². The van der Waals surface area contributed by atoms with Crippen molar-refractivity contribution in [2.45, 2.75) is 43.6 Å². The first-order valence-corrected chi connectivity index (χ1v) is 10.8. The van der Waals surface area contributed by atoms with Gasteiger partial charge in [0, 0.05) is 12.5 Å². The number of carbonyl (C=O) groups is 3. The highest BCUT2D eigenvalue weighted by Crippen LogP contribution is 2.44. The third-order valence-electron chi connectivity index (χ3n) is 6.04. The van der Waals surface area contributed by atoms with E-state index in [2.05, 4.69) is 10.6 Å². The lowest BCUT2D eigenvalue weighted by Crippen LogP contribution is -2.54. The number of fused-ring (bicyclic) bond motifs is 3. The van der Waals surface area contributed by atoms with Crippen LogP contribution in [0.1, 0.15) is 30.4 Å². The second kappa shape index (κ2) is 9.60. The van der Waals surface area contributed by atoms with Gasteiger partial charge in [-0.2, -0.15) is 0 Å². The maximum atomic E-state index is 12.5. The number of hydrogen-bond donors (Lipinski definition) is 4. The van der Waals surface area contributed by atoms with Gasteiger partial charge in [-0.1, -0.05) is 48.5 Å². The van der Waals surface area contributed by atoms with Crippen molar-refractivity contribution < 1.29 is 34.1 Å². The molecule has 0 radical (unpaired) electrons. The summed E-state index contributed by atoms with van der Waals surface area (Å²) >= 11 is 0. The topological polar surface area (TPSA) is 134 Å². The van der Waals surface area contributed by atoms with Gasteiger partial charge in [0.05, 0.1) is 12.1 Å². The number of rotatable bonds is 7. The molecule has 0 bridgehead atoms. The number of ether oxygens (including phenoxy) is 2. The van der Waals surface area contributed by atoms with Crippen LogP contribution in [0.3, 0.4) is 0 Å². The molecule has 1 heterocycles. The Hall–Kier alpha value is -3.43. The number of benzene rings is 2. The predicted octanol–water partition coefficient (Wildman–Crippen LogP) is 1.63. The highest BCUT2D eigenvalue weighted by atomic mass is 16.6. The second-order valence-electron chi connectivity index (χ2n) is 8.22. The lowest BCUT2D eigenvalue weighted by molar-refractivity contribution is -0.146. The molecular weight excluding hydrogens is 428 g/mol. The zero-order valence-corrected chi connectivity index (χ0v) is 18.1. The minimum atomic E-state index is -1.48. The summed E-state index contributed by atoms with van der Waals surface area (Å²) in [6.45, 7) is 1.62. The summed E-state index contributed by atoms with van der Waals surface area (Å²) in [6.07, 6.45) is -2.68. The van der Waals surface area contributed by atoms with E-state index in [0.29, 0.717) is 6.42 Å². The summed E-state index contributed by atoms with van der Waals surface area (Å²) in [5.41, 5.74) is 4.42. The molecule has 1 fully saturated rings. The Morgan fingerprint density at radius 1 is 1.09 bits per heavy atom. The molecule has 0 aromatic heterocycles. The number of aliphatic hydroxyl groups is 1. The fraction of sp³-hybridized carbons (Fsp3) is 0.375. The minimum Gasteiger partial charge on any atom is -0.480 e. The smallest absolute Gasteiger partial charge is 0.407 e. The molecule has 0 spiro atoms. The average Bonchev–Trinajstić information content (AvgIpc) is 3.38. The number of nitrogens with one attached hydrogen (secondary N) is 2. The number of alkyl carbamates (subject to hydrolysis) is 1. The molecule has 4 unspecified atom stereocenters. The van der Waals surface area contributed by atoms with Crippen LogP contribution in [0.4, 0.5) is 4.79 Å². The van der Waals surface area contributed by atoms with Crippen LogP contribution in [0, 0.1) is 0 Å². The van der Waals surface area contributed by atoms with Crippen LogP contribution >= 0.6 is 0 Å². The van der Waals surface area contributed by atoms with E-state index in [1.54, 1.807) is 0 Å². The number of aliphatic hydroxyl groups excluding tert-OH is 1. The third kappa shape index (κ3) is 4.69. The zero-order valence-electron chi connectivity index (χ0n) is 18.1. The Kier molecular flexibility index (Phi) is 6.62. The third-order valence-corrected chi connectivity index (χ3v) is 6.04. The van der Waals surface area contributed by atoms with Gasteiger partial charge in [-0.3, -0.25) is 4.79 Å². The van der Waals surface area contributed by atoms with Gasteiger partial charge in [-0.05, 0) is 35.6 Å². The lowest BCUT2D eigenvalue weighted by atomic mass is 9.98. The number of carboxylic acid groups (broad SMARTS) is 1. The highest BCUT2D eigenvalue weighted by Gasteiger charge is 2.38. The van der Waals surface area contributed by atoms with E-state index >= 15 is 0 Å². The number of carboxylic acids is 1. The van der Waals surface area contributed by atoms with Crippen LogP contribution in [-0.4, -0.2) is 65.7 Å². The van der Waals surface area contributed by atoms with E-state index in [-0.39, 0.29) is 19.1 Å². The van der Waals surface area contributed by atoms with Gasteiger partial charge in [0.2, 0.25) is 0 Å². The number of amides is 2. The van der Waals surface area contributed by atoms with Crippen molar-refractivity contribution >= 4 is 18.0 Å². The highest BCUT2D eigenvalue weighted by molar-refractivity contribution is 5.88. The van der Waals surface area contributed by atoms with Crippen molar-refractivity contribution in [3.05, 3.63) is 59.7 Å². The summed E-state index contributed by atoms with van der Waals surface area (Å²) in [5.74, 6) is -2.17. The van der Waals surface area contributed by atoms with Crippen LogP contribution < -0.4 is 10.6 Å². The summed E-state index contributed by atoms with van der Waals surface area (Å²) in [4.78, 5) is 36.3. The molecule has 33 heavy (non-hydrogen) atoms. The minimum absolute atomic E-state index is 0.0931. The van der Waals surface area contributed by atoms with Crippen molar-refractivity contribution in [3.8, 4) is 11.1 Å². The Bertz CT molecular complexity index is 1010. The Morgan fingerprint density at radius 3 is 2.27 bits per heavy atom. The quantitative estimate of drug-likeness (QED) is 0.500. The predicted molar refractivity (Wildman–Crippen MR) is 118 cm³/mol. The summed E-state index contributed by atoms with van der Waals surface area (Å²) in [5, 5.41) is 23.6. The molecule has 1 aliphatic carbocycles. The molecule has 0 saturated carbocycles. The van der Waals surface area contributed by atoms with E-state index < -0.39 is 42.3 Å². The Balaban J connectivity index is 1.37. The van der Waals surface area contributed by atoms with Crippen LogP contribution in [0.5, 0.6) is 0 Å². The molecule has 1 saturated heterocycles. The van der Waals surface area contributed by atoms with Gasteiger partial charge < -0.3 is 30.3 Å². The van der Waals surface area contributed by atoms with E-state index in [4.69, 9.17) is 14.6 Å². The normalized spacial score (nSPS) is 20.9. The molecular formula is C24H26N2O7. The fourth-order valence-corrected chi connectivity index (χ4v) is 4.41. The van der Waals surface area contributed by atoms with Gasteiger partial charge >= 0.3 is 12.1 Å². The van der Waals surface area contributed by atoms with Gasteiger partial charge in [0.15, 0.2) is 12.1 Å². The van der Waals surface area contributed by atoms with Gasteiger partial charge in [0.25, 0.3) is 5.91 Å². The first-order valence-electron chi connectivity index (χ1n) is 10.8. The summed E-state index contributed by atoms with van der Waals surface area (Å²) in [6, 6.07) is 13.8. The SMILES string of the molecule is CC(O)C(NC(=O)C1OCCC1NC(=O)OCC1c2ccccc2-c2ccccc21)C(=O)O. The van der Waals surface area contributed by atoms with Crippen molar-refractivity contribution in [2.75, 3.05) is 13.2 Å². The van der Waals surface area contributed by atoms with Gasteiger partial charge in [-0.25, -0.2) is 9.59 Å². The van der Waals surface area contributed by atoms with Crippen LogP contribution in [0.2, 0.25) is 0 Å². The van der Waals surface area contributed by atoms with Crippen molar-refractivity contribution in [3.63, 3.8) is 0 Å². The molecule has 1 aliphatic heterocycles. The molecule has 9 nitrogen and oxygen atoms in total. The second-order valence-corrected chi connectivity index (χ2v) is 8.22. The van der Waals surface area contributed by atoms with E-state index in [1.807, 2.05) is 48.5 Å². The van der Waals surface area contributed by atoms with E-state index in [9.17, 15) is 19.5 Å². The maximum Gasteiger partial charge on any atom is 0.407 e. The monoisotopic (exact) mass is 454 g/mol.